The van der Waals surface area contributed by atoms with E-state index < -0.39 is 6.29 Å². The average molecular weight is 539 g/mol. The summed E-state index contributed by atoms with van der Waals surface area (Å²) < 4.78 is 13.0. The molecule has 3 unspecified atom stereocenters. The maximum Gasteiger partial charge on any atom is 0.257 e. The number of aliphatic hydroxyl groups excluding tert-OH is 1. The Morgan fingerprint density at radius 1 is 1.00 bits per heavy atom. The third-order valence-electron chi connectivity index (χ3n) is 6.95. The fourth-order valence-corrected chi connectivity index (χ4v) is 4.79. The van der Waals surface area contributed by atoms with E-state index in [1.54, 1.807) is 18.3 Å². The van der Waals surface area contributed by atoms with Crippen LogP contribution in [0.5, 0.6) is 0 Å². The van der Waals surface area contributed by atoms with E-state index in [0.717, 1.165) is 41.9 Å². The zero-order chi connectivity index (χ0) is 27.7. The van der Waals surface area contributed by atoms with E-state index >= 15 is 0 Å². The van der Waals surface area contributed by atoms with Crippen molar-refractivity contribution in [2.45, 2.75) is 37.9 Å². The number of benzene rings is 2. The third-order valence-corrected chi connectivity index (χ3v) is 6.95. The Labute approximate surface area is 234 Å². The number of hydrogen-bond acceptors (Lipinski definition) is 7. The molecule has 8 nitrogen and oxygen atoms in total. The van der Waals surface area contributed by atoms with Crippen LogP contribution in [0.3, 0.4) is 0 Å². The second kappa shape index (κ2) is 13.4. The van der Waals surface area contributed by atoms with Gasteiger partial charge in [0.15, 0.2) is 6.29 Å². The van der Waals surface area contributed by atoms with Crippen LogP contribution < -0.4 is 5.32 Å². The lowest BCUT2D eigenvalue weighted by molar-refractivity contribution is -0.252. The van der Waals surface area contributed by atoms with Crippen molar-refractivity contribution in [1.82, 2.24) is 14.9 Å². The Kier molecular flexibility index (Phi) is 9.26. The molecule has 1 amide bonds. The van der Waals surface area contributed by atoms with Gasteiger partial charge in [-0.25, -0.2) is 0 Å². The predicted octanol–water partition coefficient (Wildman–Crippen LogP) is 4.94. The molecule has 3 heterocycles. The smallest absolute Gasteiger partial charge is 0.257 e. The quantitative estimate of drug-likeness (QED) is 0.295. The van der Waals surface area contributed by atoms with Crippen molar-refractivity contribution in [2.75, 3.05) is 25.5 Å². The summed E-state index contributed by atoms with van der Waals surface area (Å²) in [7, 11) is 2.09. The van der Waals surface area contributed by atoms with Gasteiger partial charge in [-0.15, -0.1) is 0 Å². The molecule has 2 aromatic heterocycles. The maximum absolute atomic E-state index is 12.7. The van der Waals surface area contributed by atoms with Gasteiger partial charge < -0.3 is 24.8 Å². The molecule has 5 rings (SSSR count). The summed E-state index contributed by atoms with van der Waals surface area (Å²) in [4.78, 5) is 23.4. The molecule has 3 atom stereocenters. The number of amides is 1. The molecule has 0 spiro atoms. The van der Waals surface area contributed by atoms with E-state index in [1.807, 2.05) is 72.9 Å². The number of hydrogen-bond donors (Lipinski definition) is 2. The summed E-state index contributed by atoms with van der Waals surface area (Å²) >= 11 is 0. The van der Waals surface area contributed by atoms with Gasteiger partial charge >= 0.3 is 0 Å². The van der Waals surface area contributed by atoms with Gasteiger partial charge in [0.05, 0.1) is 24.4 Å². The molecule has 1 fully saturated rings. The molecule has 0 saturated carbocycles. The van der Waals surface area contributed by atoms with Gasteiger partial charge in [0.25, 0.3) is 5.91 Å². The fourth-order valence-electron chi connectivity index (χ4n) is 4.79. The van der Waals surface area contributed by atoms with Gasteiger partial charge in [-0.2, -0.15) is 0 Å². The van der Waals surface area contributed by atoms with Crippen molar-refractivity contribution >= 4 is 11.6 Å². The standard InChI is InChI=1S/C32H34N4O4/c1-36(17-14-27-8-2-3-16-34-27)21-29-19-30(24-12-10-23(22-37)11-13-24)40-32(39-29)25-6-4-9-28(18-25)35-31(38)26-7-5-15-33-20-26/h2-13,15-16,18,20,29-30,32,37H,14,17,19,21-22H2,1H3,(H,35,38). The minimum absolute atomic E-state index is 0.00120. The largest absolute Gasteiger partial charge is 0.392 e. The number of rotatable bonds is 10. The van der Waals surface area contributed by atoms with Crippen molar-refractivity contribution in [3.63, 3.8) is 0 Å². The first kappa shape index (κ1) is 27.6. The number of carbonyl (C=O) groups is 1. The summed E-state index contributed by atoms with van der Waals surface area (Å²) in [5.41, 5.74) is 4.91. The van der Waals surface area contributed by atoms with Crippen LogP contribution in [-0.2, 0) is 22.5 Å². The number of nitrogens with one attached hydrogen (secondary N) is 1. The van der Waals surface area contributed by atoms with E-state index in [9.17, 15) is 9.90 Å². The highest BCUT2D eigenvalue weighted by molar-refractivity contribution is 6.04. The first-order chi connectivity index (χ1) is 19.6. The summed E-state index contributed by atoms with van der Waals surface area (Å²) in [5, 5.41) is 12.4. The second-order valence-corrected chi connectivity index (χ2v) is 10.0. The van der Waals surface area contributed by atoms with Gasteiger partial charge in [0.1, 0.15) is 0 Å². The van der Waals surface area contributed by atoms with E-state index in [0.29, 0.717) is 17.7 Å². The lowest BCUT2D eigenvalue weighted by Gasteiger charge is -2.38. The molecule has 8 heteroatoms. The monoisotopic (exact) mass is 538 g/mol. The molecular formula is C32H34N4O4. The van der Waals surface area contributed by atoms with Crippen LogP contribution in [0.4, 0.5) is 5.69 Å². The van der Waals surface area contributed by atoms with Gasteiger partial charge in [0.2, 0.25) is 0 Å². The molecule has 0 aliphatic carbocycles. The van der Waals surface area contributed by atoms with Gasteiger partial charge in [0, 0.05) is 61.5 Å². The minimum Gasteiger partial charge on any atom is -0.392 e. The first-order valence-electron chi connectivity index (χ1n) is 13.5. The molecular weight excluding hydrogens is 504 g/mol. The van der Waals surface area contributed by atoms with Crippen molar-refractivity contribution in [2.24, 2.45) is 0 Å². The fraction of sp³-hybridized carbons (Fsp3) is 0.281. The number of ether oxygens (including phenoxy) is 2. The highest BCUT2D eigenvalue weighted by Crippen LogP contribution is 2.38. The Hall–Kier alpha value is -3.95. The van der Waals surface area contributed by atoms with Gasteiger partial charge in [-0.1, -0.05) is 42.5 Å². The lowest BCUT2D eigenvalue weighted by atomic mass is 9.99. The SMILES string of the molecule is CN(CCc1ccccn1)CC1CC(c2ccc(CO)cc2)OC(c2cccc(NC(=O)c3cccnc3)c2)O1. The Bertz CT molecular complexity index is 1370. The van der Waals surface area contributed by atoms with Crippen LogP contribution in [0, 0.1) is 0 Å². The third kappa shape index (κ3) is 7.37. The molecule has 0 bridgehead atoms. The molecule has 2 N–H and O–H groups in total. The van der Waals surface area contributed by atoms with E-state index in [-0.39, 0.29) is 24.7 Å². The average Bonchev–Trinajstić information content (AvgIpc) is 3.01. The van der Waals surface area contributed by atoms with E-state index in [2.05, 4.69) is 27.2 Å². The Morgan fingerprint density at radius 3 is 2.62 bits per heavy atom. The number of likely N-dealkylation sites (N-methyl/N-ethyl adjacent to an activating group) is 1. The second-order valence-electron chi connectivity index (χ2n) is 10.0. The number of carbonyl (C=O) groups excluding carboxylic acids is 1. The first-order valence-corrected chi connectivity index (χ1v) is 13.5. The molecule has 206 valence electrons. The Balaban J connectivity index is 1.31. The van der Waals surface area contributed by atoms with Crippen molar-refractivity contribution in [1.29, 1.82) is 0 Å². The van der Waals surface area contributed by atoms with E-state index in [4.69, 9.17) is 9.47 Å². The van der Waals surface area contributed by atoms with Gasteiger partial charge in [-0.05, 0) is 54.6 Å². The highest BCUT2D eigenvalue weighted by atomic mass is 16.7. The van der Waals surface area contributed by atoms with Crippen LogP contribution in [0.15, 0.2) is 97.5 Å². The topological polar surface area (TPSA) is 96.8 Å². The highest BCUT2D eigenvalue weighted by Gasteiger charge is 2.33. The summed E-state index contributed by atoms with van der Waals surface area (Å²) in [5.74, 6) is -0.231. The molecule has 1 aliphatic rings. The van der Waals surface area contributed by atoms with Crippen molar-refractivity contribution in [3.8, 4) is 0 Å². The number of aromatic nitrogens is 2. The van der Waals surface area contributed by atoms with Crippen molar-refractivity contribution in [3.05, 3.63) is 125 Å². The number of anilines is 1. The zero-order valence-electron chi connectivity index (χ0n) is 22.5. The predicted molar refractivity (Wildman–Crippen MR) is 152 cm³/mol. The normalized spacial score (nSPS) is 18.9. The lowest BCUT2D eigenvalue weighted by Crippen LogP contribution is -2.38. The Morgan fingerprint density at radius 2 is 1.88 bits per heavy atom. The zero-order valence-corrected chi connectivity index (χ0v) is 22.5. The molecule has 4 aromatic rings. The molecule has 1 aliphatic heterocycles. The van der Waals surface area contributed by atoms with E-state index in [1.165, 1.54) is 6.20 Å². The van der Waals surface area contributed by atoms with Gasteiger partial charge in [-0.3, -0.25) is 14.8 Å². The van der Waals surface area contributed by atoms with Crippen LogP contribution in [0.2, 0.25) is 0 Å². The number of pyridine rings is 2. The number of nitrogens with zero attached hydrogens (tertiary/aromatic N) is 3. The summed E-state index contributed by atoms with van der Waals surface area (Å²) in [6.45, 7) is 1.59. The van der Waals surface area contributed by atoms with Crippen LogP contribution in [0.1, 0.15) is 51.6 Å². The van der Waals surface area contributed by atoms with Crippen LogP contribution in [0.25, 0.3) is 0 Å². The summed E-state index contributed by atoms with van der Waals surface area (Å²) in [6.07, 6.45) is 5.67. The van der Waals surface area contributed by atoms with Crippen molar-refractivity contribution < 1.29 is 19.4 Å². The molecule has 0 radical (unpaired) electrons. The molecule has 40 heavy (non-hydrogen) atoms. The molecule has 1 saturated heterocycles. The van der Waals surface area contributed by atoms with Crippen LogP contribution >= 0.6 is 0 Å². The van der Waals surface area contributed by atoms with Crippen LogP contribution in [-0.4, -0.2) is 52.1 Å². The summed E-state index contributed by atoms with van der Waals surface area (Å²) in [6, 6.07) is 24.8. The minimum atomic E-state index is -0.610. The molecule has 2 aromatic carbocycles. The number of aliphatic hydroxyl groups is 1. The maximum atomic E-state index is 12.7.